The van der Waals surface area contributed by atoms with Crippen molar-refractivity contribution in [1.29, 1.82) is 0 Å². The van der Waals surface area contributed by atoms with E-state index in [4.69, 9.17) is 4.42 Å². The number of hydrogen-bond donors (Lipinski definition) is 1. The fourth-order valence-electron chi connectivity index (χ4n) is 1.27. The van der Waals surface area contributed by atoms with E-state index >= 15 is 0 Å². The minimum atomic E-state index is -1.46. The number of nitrogens with one attached hydrogen (secondary N) is 1. The van der Waals surface area contributed by atoms with E-state index in [0.29, 0.717) is 5.76 Å². The predicted octanol–water partition coefficient (Wildman–Crippen LogP) is 2.35. The topological polar surface area (TPSA) is 42.2 Å². The number of hydrogen-bond acceptors (Lipinski definition) is 2. The van der Waals surface area contributed by atoms with Crippen LogP contribution in [0.5, 0.6) is 0 Å². The second-order valence-electron chi connectivity index (χ2n) is 6.12. The van der Waals surface area contributed by atoms with E-state index in [9.17, 15) is 4.79 Å². The first-order valence-electron chi connectivity index (χ1n) is 5.52. The lowest BCUT2D eigenvalue weighted by molar-refractivity contribution is 0.0892. The molecule has 1 aromatic rings. The lowest BCUT2D eigenvalue weighted by Crippen LogP contribution is -2.41. The molecule has 1 amide bonds. The minimum Gasteiger partial charge on any atom is -0.461 e. The third-order valence-electron chi connectivity index (χ3n) is 2.06. The van der Waals surface area contributed by atoms with E-state index in [0.717, 1.165) is 5.38 Å². The summed E-state index contributed by atoms with van der Waals surface area (Å²) in [5, 5.41) is 3.85. The molecule has 0 fully saturated rings. The number of carbonyl (C=O) groups excluding carboxylic acids is 1. The van der Waals surface area contributed by atoms with Crippen LogP contribution in [0, 0.1) is 0 Å². The molecule has 0 unspecified atom stereocenters. The summed E-state index contributed by atoms with van der Waals surface area (Å²) >= 11 is 0. The average molecular weight is 239 g/mol. The van der Waals surface area contributed by atoms with Crippen molar-refractivity contribution in [2.75, 3.05) is 0 Å². The number of carbonyl (C=O) groups is 1. The third-order valence-corrected chi connectivity index (χ3v) is 3.80. The number of amides is 1. The van der Waals surface area contributed by atoms with Crippen molar-refractivity contribution in [3.8, 4) is 0 Å². The molecule has 0 saturated carbocycles. The highest BCUT2D eigenvalue weighted by Gasteiger charge is 2.24. The molecule has 0 bridgehead atoms. The summed E-state index contributed by atoms with van der Waals surface area (Å²) < 4.78 is 5.61. The highest BCUT2D eigenvalue weighted by Crippen LogP contribution is 2.08. The smallest absolute Gasteiger partial charge is 0.287 e. The van der Waals surface area contributed by atoms with Gasteiger partial charge in [0, 0.05) is 5.54 Å². The van der Waals surface area contributed by atoms with Crippen LogP contribution in [0.4, 0.5) is 0 Å². The maximum absolute atomic E-state index is 11.8. The standard InChI is InChI=1S/C12H21NO2Si/c1-12(2,3)13-11(14)9-7-8-10(15-9)16(4,5)6/h7-8H,1-6H3,(H,13,14). The van der Waals surface area contributed by atoms with Gasteiger partial charge >= 0.3 is 0 Å². The van der Waals surface area contributed by atoms with Crippen molar-refractivity contribution >= 4 is 19.4 Å². The maximum Gasteiger partial charge on any atom is 0.287 e. The highest BCUT2D eigenvalue weighted by molar-refractivity contribution is 6.87. The second-order valence-corrected chi connectivity index (χ2v) is 11.1. The molecule has 0 radical (unpaired) electrons. The van der Waals surface area contributed by atoms with Gasteiger partial charge in [-0.1, -0.05) is 19.6 Å². The summed E-state index contributed by atoms with van der Waals surface area (Å²) in [6.45, 7) is 12.4. The van der Waals surface area contributed by atoms with Gasteiger partial charge in [0.1, 0.15) is 8.07 Å². The van der Waals surface area contributed by atoms with E-state index in [2.05, 4.69) is 25.0 Å². The Morgan fingerprint density at radius 2 is 1.81 bits per heavy atom. The molecule has 0 aliphatic rings. The minimum absolute atomic E-state index is 0.142. The van der Waals surface area contributed by atoms with Gasteiger partial charge in [-0.2, -0.15) is 0 Å². The van der Waals surface area contributed by atoms with E-state index < -0.39 is 8.07 Å². The molecule has 1 rings (SSSR count). The summed E-state index contributed by atoms with van der Waals surface area (Å²) in [7, 11) is -1.46. The van der Waals surface area contributed by atoms with Crippen molar-refractivity contribution in [3.63, 3.8) is 0 Å². The van der Waals surface area contributed by atoms with Gasteiger partial charge in [-0.25, -0.2) is 0 Å². The molecule has 16 heavy (non-hydrogen) atoms. The van der Waals surface area contributed by atoms with Gasteiger partial charge in [0.05, 0.1) is 5.38 Å². The van der Waals surface area contributed by atoms with Crippen molar-refractivity contribution < 1.29 is 9.21 Å². The second kappa shape index (κ2) is 4.09. The SMILES string of the molecule is CC(C)(C)NC(=O)c1ccc([Si](C)(C)C)o1. The van der Waals surface area contributed by atoms with Crippen LogP contribution in [-0.2, 0) is 0 Å². The summed E-state index contributed by atoms with van der Waals surface area (Å²) in [4.78, 5) is 11.8. The molecule has 1 aromatic heterocycles. The van der Waals surface area contributed by atoms with E-state index in [-0.39, 0.29) is 11.4 Å². The van der Waals surface area contributed by atoms with Crippen molar-refractivity contribution in [1.82, 2.24) is 5.32 Å². The largest absolute Gasteiger partial charge is 0.461 e. The van der Waals surface area contributed by atoms with E-state index in [1.54, 1.807) is 6.07 Å². The molecule has 90 valence electrons. The zero-order chi connectivity index (χ0) is 12.6. The summed E-state index contributed by atoms with van der Waals surface area (Å²) in [5.74, 6) is 0.268. The highest BCUT2D eigenvalue weighted by atomic mass is 28.3. The molecule has 0 spiro atoms. The van der Waals surface area contributed by atoms with Crippen LogP contribution in [0.2, 0.25) is 19.6 Å². The molecule has 0 saturated heterocycles. The molecule has 0 aliphatic heterocycles. The van der Waals surface area contributed by atoms with Gasteiger partial charge in [-0.05, 0) is 32.9 Å². The van der Waals surface area contributed by atoms with Crippen LogP contribution >= 0.6 is 0 Å². The Kier molecular flexibility index (Phi) is 3.33. The average Bonchev–Trinajstić information content (AvgIpc) is 2.46. The summed E-state index contributed by atoms with van der Waals surface area (Å²) in [6.07, 6.45) is 0. The molecule has 4 heteroatoms. The van der Waals surface area contributed by atoms with Gasteiger partial charge in [0.25, 0.3) is 5.91 Å². The van der Waals surface area contributed by atoms with Gasteiger partial charge in [-0.15, -0.1) is 0 Å². The normalized spacial score (nSPS) is 12.6. The molecule has 0 atom stereocenters. The van der Waals surface area contributed by atoms with Gasteiger partial charge < -0.3 is 9.73 Å². The Morgan fingerprint density at radius 3 is 2.19 bits per heavy atom. The summed E-state index contributed by atoms with van der Waals surface area (Å²) in [5.41, 5.74) is -0.233. The molecule has 3 nitrogen and oxygen atoms in total. The first-order chi connectivity index (χ1) is 7.09. The third kappa shape index (κ3) is 3.52. The molecule has 0 aliphatic carbocycles. The van der Waals surface area contributed by atoms with E-state index in [1.165, 1.54) is 0 Å². The Morgan fingerprint density at radius 1 is 1.25 bits per heavy atom. The first kappa shape index (κ1) is 13.0. The first-order valence-corrected chi connectivity index (χ1v) is 9.02. The predicted molar refractivity (Wildman–Crippen MR) is 68.9 cm³/mol. The fraction of sp³-hybridized carbons (Fsp3) is 0.583. The maximum atomic E-state index is 11.8. The Balaban J connectivity index is 2.83. The molecular formula is C12H21NO2Si. The number of furan rings is 1. The monoisotopic (exact) mass is 239 g/mol. The Labute approximate surface area is 98.2 Å². The Bertz CT molecular complexity index is 382. The van der Waals surface area contributed by atoms with Crippen LogP contribution in [0.15, 0.2) is 16.5 Å². The van der Waals surface area contributed by atoms with Crippen LogP contribution in [0.25, 0.3) is 0 Å². The van der Waals surface area contributed by atoms with Crippen LogP contribution in [-0.4, -0.2) is 19.5 Å². The zero-order valence-electron chi connectivity index (χ0n) is 11.0. The van der Waals surface area contributed by atoms with Crippen molar-refractivity contribution in [2.45, 2.75) is 46.0 Å². The van der Waals surface area contributed by atoms with Gasteiger partial charge in [-0.3, -0.25) is 4.79 Å². The lowest BCUT2D eigenvalue weighted by Gasteiger charge is -2.19. The number of rotatable bonds is 2. The molecule has 0 aromatic carbocycles. The molecular weight excluding hydrogens is 218 g/mol. The molecule has 1 heterocycles. The van der Waals surface area contributed by atoms with Gasteiger partial charge in [0.2, 0.25) is 0 Å². The summed E-state index contributed by atoms with van der Waals surface area (Å²) in [6, 6.07) is 3.68. The van der Waals surface area contributed by atoms with Crippen molar-refractivity contribution in [3.05, 3.63) is 17.9 Å². The fourth-order valence-corrected chi connectivity index (χ4v) is 2.26. The van der Waals surface area contributed by atoms with Crippen LogP contribution in [0.1, 0.15) is 31.3 Å². The van der Waals surface area contributed by atoms with Gasteiger partial charge in [0.15, 0.2) is 5.76 Å². The molecule has 1 N–H and O–H groups in total. The van der Waals surface area contributed by atoms with Crippen molar-refractivity contribution in [2.24, 2.45) is 0 Å². The van der Waals surface area contributed by atoms with Crippen LogP contribution in [0.3, 0.4) is 0 Å². The Hall–Kier alpha value is -1.03. The van der Waals surface area contributed by atoms with Crippen LogP contribution < -0.4 is 10.7 Å². The zero-order valence-corrected chi connectivity index (χ0v) is 12.0. The van der Waals surface area contributed by atoms with E-state index in [1.807, 2.05) is 26.8 Å². The lowest BCUT2D eigenvalue weighted by atomic mass is 10.1. The quantitative estimate of drug-likeness (QED) is 0.805.